The fraction of sp³-hybridized carbons (Fsp3) is 0.652. The summed E-state index contributed by atoms with van der Waals surface area (Å²) in [5, 5.41) is 1.45. The van der Waals surface area contributed by atoms with Gasteiger partial charge in [-0.1, -0.05) is 53.7 Å². The van der Waals surface area contributed by atoms with Gasteiger partial charge in [-0.2, -0.15) is 0 Å². The third-order valence-corrected chi connectivity index (χ3v) is 7.21. The maximum Gasteiger partial charge on any atom is 0.0988 e. The topological polar surface area (TPSA) is 3.24 Å². The molecule has 0 spiro atoms. The number of hydrogen-bond donors (Lipinski definition) is 0. The molecule has 140 valence electrons. The molecule has 0 aromatic carbocycles. The second-order valence-electron chi connectivity index (χ2n) is 9.22. The van der Waals surface area contributed by atoms with E-state index in [1.54, 1.807) is 10.4 Å². The zero-order valence-electron chi connectivity index (χ0n) is 17.8. The second-order valence-corrected chi connectivity index (χ2v) is 10.2. The van der Waals surface area contributed by atoms with Crippen molar-refractivity contribution in [2.24, 2.45) is 5.92 Å². The number of thiophene rings is 1. The molecule has 1 aliphatic carbocycles. The highest BCUT2D eigenvalue weighted by Gasteiger charge is 2.41. The van der Waals surface area contributed by atoms with Gasteiger partial charge in [-0.3, -0.25) is 0 Å². The second kappa shape index (κ2) is 7.31. The Hall–Kier alpha value is -1.02. The smallest absolute Gasteiger partial charge is 0.0988 e. The number of fused-ring (bicyclic) bond motifs is 1. The molecule has 25 heavy (non-hydrogen) atoms. The molecule has 0 saturated heterocycles. The molecule has 2 rings (SSSR count). The van der Waals surface area contributed by atoms with Crippen molar-refractivity contribution in [3.8, 4) is 0 Å². The molecule has 1 aromatic rings. The number of rotatable bonds is 5. The quantitative estimate of drug-likeness (QED) is 0.497. The van der Waals surface area contributed by atoms with E-state index in [4.69, 9.17) is 0 Å². The van der Waals surface area contributed by atoms with Crippen LogP contribution in [-0.4, -0.2) is 6.54 Å². The van der Waals surface area contributed by atoms with Crippen molar-refractivity contribution in [3.63, 3.8) is 0 Å². The Bertz CT molecular complexity index is 671. The zero-order chi connectivity index (χ0) is 19.0. The lowest BCUT2D eigenvalue weighted by molar-refractivity contribution is 0.337. The van der Waals surface area contributed by atoms with Crippen molar-refractivity contribution in [1.82, 2.24) is 0 Å². The highest BCUT2D eigenvalue weighted by molar-refractivity contribution is 7.16. The van der Waals surface area contributed by atoms with Gasteiger partial charge < -0.3 is 4.90 Å². The molecule has 1 nitrogen and oxygen atoms in total. The molecule has 0 saturated carbocycles. The predicted molar refractivity (Wildman–Crippen MR) is 115 cm³/mol. The number of nitrogens with zero attached hydrogens (tertiary/aromatic N) is 1. The lowest BCUT2D eigenvalue weighted by Gasteiger charge is -2.39. The first-order valence-electron chi connectivity index (χ1n) is 9.76. The van der Waals surface area contributed by atoms with Crippen LogP contribution in [0, 0.1) is 12.8 Å². The van der Waals surface area contributed by atoms with Crippen molar-refractivity contribution < 1.29 is 0 Å². The molecule has 0 N–H and O–H groups in total. The number of allylic oxidation sites excluding steroid dienone is 3. The summed E-state index contributed by atoms with van der Waals surface area (Å²) in [5.41, 5.74) is 5.01. The molecule has 0 fully saturated rings. The van der Waals surface area contributed by atoms with Crippen LogP contribution in [0.25, 0.3) is 0 Å². The maximum absolute atomic E-state index is 2.55. The summed E-state index contributed by atoms with van der Waals surface area (Å²) in [6, 6.07) is 0. The van der Waals surface area contributed by atoms with E-state index in [0.29, 0.717) is 11.3 Å². The average molecular weight is 360 g/mol. The maximum atomic E-state index is 2.55. The van der Waals surface area contributed by atoms with Crippen LogP contribution in [0.3, 0.4) is 0 Å². The fourth-order valence-electron chi connectivity index (χ4n) is 4.10. The first-order valence-corrected chi connectivity index (χ1v) is 10.6. The Morgan fingerprint density at radius 3 is 2.20 bits per heavy atom. The summed E-state index contributed by atoms with van der Waals surface area (Å²) in [6.07, 6.45) is 9.20. The van der Waals surface area contributed by atoms with E-state index in [1.165, 1.54) is 29.1 Å². The summed E-state index contributed by atoms with van der Waals surface area (Å²) in [7, 11) is 0. The Balaban J connectivity index is 2.66. The molecular formula is C23H37NS. The summed E-state index contributed by atoms with van der Waals surface area (Å²) in [6.45, 7) is 22.0. The van der Waals surface area contributed by atoms with Gasteiger partial charge in [0.05, 0.1) is 5.00 Å². The highest BCUT2D eigenvalue weighted by Crippen LogP contribution is 2.54. The van der Waals surface area contributed by atoms with Gasteiger partial charge in [-0.15, -0.1) is 11.3 Å². The lowest BCUT2D eigenvalue weighted by atomic mass is 9.66. The van der Waals surface area contributed by atoms with Crippen molar-refractivity contribution in [2.45, 2.75) is 86.0 Å². The zero-order valence-corrected chi connectivity index (χ0v) is 18.6. The van der Waals surface area contributed by atoms with Gasteiger partial charge in [0.15, 0.2) is 0 Å². The van der Waals surface area contributed by atoms with Crippen LogP contribution in [0.2, 0.25) is 0 Å². The first kappa shape index (κ1) is 20.3. The standard InChI is InChI=1S/C23H37NS/c1-10-12-18(11-2)24(15-16(3)4)21-17(5)19-20(25-21)23(8,9)14-13-22(19,6)7/h10-12,16H,13-15H2,1-9H3. The normalized spacial score (nSPS) is 19.5. The highest BCUT2D eigenvalue weighted by atomic mass is 32.1. The van der Waals surface area contributed by atoms with Gasteiger partial charge >= 0.3 is 0 Å². The molecule has 1 aromatic heterocycles. The van der Waals surface area contributed by atoms with E-state index >= 15 is 0 Å². The van der Waals surface area contributed by atoms with Gasteiger partial charge in [0.1, 0.15) is 0 Å². The minimum atomic E-state index is 0.282. The minimum absolute atomic E-state index is 0.282. The van der Waals surface area contributed by atoms with Crippen molar-refractivity contribution in [2.75, 3.05) is 11.4 Å². The van der Waals surface area contributed by atoms with E-state index in [9.17, 15) is 0 Å². The van der Waals surface area contributed by atoms with Gasteiger partial charge in [-0.05, 0) is 67.6 Å². The Labute approximate surface area is 159 Å². The van der Waals surface area contributed by atoms with E-state index in [2.05, 4.69) is 85.4 Å². The van der Waals surface area contributed by atoms with Crippen molar-refractivity contribution in [1.29, 1.82) is 0 Å². The Morgan fingerprint density at radius 1 is 1.12 bits per heavy atom. The van der Waals surface area contributed by atoms with Gasteiger partial charge in [0.2, 0.25) is 0 Å². The van der Waals surface area contributed by atoms with Gasteiger partial charge in [-0.25, -0.2) is 0 Å². The molecule has 0 unspecified atom stereocenters. The van der Waals surface area contributed by atoms with Gasteiger partial charge in [0, 0.05) is 17.1 Å². The molecular weight excluding hydrogens is 322 g/mol. The summed E-state index contributed by atoms with van der Waals surface area (Å²) >= 11 is 2.04. The Kier molecular flexibility index (Phi) is 5.93. The van der Waals surface area contributed by atoms with Crippen LogP contribution in [0.5, 0.6) is 0 Å². The van der Waals surface area contributed by atoms with Crippen LogP contribution >= 0.6 is 11.3 Å². The number of anilines is 1. The third-order valence-electron chi connectivity index (χ3n) is 5.53. The van der Waals surface area contributed by atoms with Crippen LogP contribution in [0.15, 0.2) is 23.9 Å². The minimum Gasteiger partial charge on any atom is -0.333 e. The van der Waals surface area contributed by atoms with Gasteiger partial charge in [0.25, 0.3) is 0 Å². The largest absolute Gasteiger partial charge is 0.333 e. The van der Waals surface area contributed by atoms with Crippen LogP contribution in [0.4, 0.5) is 5.00 Å². The number of hydrogen-bond acceptors (Lipinski definition) is 2. The van der Waals surface area contributed by atoms with E-state index in [0.717, 1.165) is 6.54 Å². The summed E-state index contributed by atoms with van der Waals surface area (Å²) in [5.74, 6) is 0.625. The van der Waals surface area contributed by atoms with E-state index in [-0.39, 0.29) is 5.41 Å². The van der Waals surface area contributed by atoms with E-state index < -0.39 is 0 Å². The van der Waals surface area contributed by atoms with E-state index in [1.807, 2.05) is 11.3 Å². The monoisotopic (exact) mass is 359 g/mol. The molecule has 0 amide bonds. The summed E-state index contributed by atoms with van der Waals surface area (Å²) in [4.78, 5) is 4.16. The predicted octanol–water partition coefficient (Wildman–Crippen LogP) is 7.35. The molecule has 0 bridgehead atoms. The van der Waals surface area contributed by atoms with Crippen molar-refractivity contribution >= 4 is 16.3 Å². The van der Waals surface area contributed by atoms with Crippen molar-refractivity contribution in [3.05, 3.63) is 39.9 Å². The van der Waals surface area contributed by atoms with Crippen LogP contribution < -0.4 is 4.90 Å². The first-order chi connectivity index (χ1) is 11.5. The Morgan fingerprint density at radius 2 is 1.72 bits per heavy atom. The molecule has 1 heterocycles. The third kappa shape index (κ3) is 3.89. The molecule has 2 heteroatoms. The summed E-state index contributed by atoms with van der Waals surface area (Å²) < 4.78 is 0. The fourth-order valence-corrected chi connectivity index (χ4v) is 5.75. The molecule has 0 aliphatic heterocycles. The molecule has 0 atom stereocenters. The lowest BCUT2D eigenvalue weighted by Crippen LogP contribution is -2.32. The average Bonchev–Trinajstić information content (AvgIpc) is 2.87. The van der Waals surface area contributed by atoms with Crippen LogP contribution in [-0.2, 0) is 10.8 Å². The van der Waals surface area contributed by atoms with Crippen LogP contribution in [0.1, 0.15) is 84.2 Å². The molecule has 1 aliphatic rings. The molecule has 0 radical (unpaired) electrons. The SMILES string of the molecule is CC=CC(=CC)N(CC(C)C)c1sc2c(c1C)C(C)(C)CCC2(C)C.